The summed E-state index contributed by atoms with van der Waals surface area (Å²) < 4.78 is 127. The minimum absolute atomic E-state index is 0.116. The van der Waals surface area contributed by atoms with Gasteiger partial charge in [-0.15, -0.1) is 0 Å². The largest absolute Gasteiger partial charge is 0.501 e. The van der Waals surface area contributed by atoms with Crippen LogP contribution in [-0.2, 0) is 19.7 Å². The zero-order chi connectivity index (χ0) is 23.7. The van der Waals surface area contributed by atoms with Crippen LogP contribution in [0.15, 0.2) is 70.5 Å². The zero-order valence-electron chi connectivity index (χ0n) is 15.5. The molecule has 0 atom stereocenters. The molecular weight excluding hydrogens is 482 g/mol. The van der Waals surface area contributed by atoms with Crippen molar-refractivity contribution in [3.8, 4) is 0 Å². The monoisotopic (exact) mass is 492 g/mol. The van der Waals surface area contributed by atoms with E-state index in [1.807, 2.05) is 0 Å². The fourth-order valence-electron chi connectivity index (χ4n) is 3.60. The molecule has 0 bridgehead atoms. The van der Waals surface area contributed by atoms with Gasteiger partial charge in [-0.3, -0.25) is 0 Å². The molecule has 12 heteroatoms. The Bertz CT molecular complexity index is 1620. The van der Waals surface area contributed by atoms with Crippen LogP contribution in [0.5, 0.6) is 0 Å². The highest BCUT2D eigenvalue weighted by atomic mass is 32.2. The molecule has 0 aliphatic carbocycles. The molecule has 0 fully saturated rings. The van der Waals surface area contributed by atoms with Gasteiger partial charge in [0.25, 0.3) is 19.7 Å². The van der Waals surface area contributed by atoms with E-state index < -0.39 is 40.5 Å². The Morgan fingerprint density at radius 2 is 1.03 bits per heavy atom. The molecule has 0 saturated carbocycles. The van der Waals surface area contributed by atoms with Gasteiger partial charge < -0.3 is 0 Å². The molecule has 0 spiro atoms. The van der Waals surface area contributed by atoms with Crippen molar-refractivity contribution in [1.29, 1.82) is 0 Å². The Morgan fingerprint density at radius 3 is 1.62 bits per heavy atom. The van der Waals surface area contributed by atoms with Gasteiger partial charge in [-0.2, -0.15) is 26.3 Å². The van der Waals surface area contributed by atoms with E-state index in [1.165, 1.54) is 30.3 Å². The minimum Gasteiger partial charge on any atom is -0.214 e. The Balaban J connectivity index is 2.27. The van der Waals surface area contributed by atoms with Crippen molar-refractivity contribution in [2.24, 2.45) is 0 Å². The van der Waals surface area contributed by atoms with Crippen molar-refractivity contribution >= 4 is 52.0 Å². The molecule has 4 nitrogen and oxygen atoms in total. The third-order valence-electron chi connectivity index (χ3n) is 5.00. The summed E-state index contributed by atoms with van der Waals surface area (Å²) in [5.41, 5.74) is -11.2. The van der Waals surface area contributed by atoms with Crippen molar-refractivity contribution in [2.45, 2.75) is 20.8 Å². The first kappa shape index (κ1) is 22.3. The molecular formula is C20H10F6O4S2. The SMILES string of the molecule is O=S(=O)(c1ccc2c3ccccc3c3c(S(=O)(=O)C(F)(F)F)cccc3c2c1)C(F)(F)F. The van der Waals surface area contributed by atoms with Gasteiger partial charge in [0.15, 0.2) is 0 Å². The minimum atomic E-state index is -5.82. The molecule has 4 aromatic carbocycles. The van der Waals surface area contributed by atoms with Crippen LogP contribution in [0.25, 0.3) is 32.3 Å². The molecule has 168 valence electrons. The van der Waals surface area contributed by atoms with Crippen LogP contribution in [0.1, 0.15) is 0 Å². The van der Waals surface area contributed by atoms with E-state index in [4.69, 9.17) is 0 Å². The lowest BCUT2D eigenvalue weighted by Gasteiger charge is -2.16. The average molecular weight is 492 g/mol. The van der Waals surface area contributed by atoms with Crippen molar-refractivity contribution in [3.63, 3.8) is 0 Å². The second-order valence-corrected chi connectivity index (χ2v) is 10.7. The van der Waals surface area contributed by atoms with Gasteiger partial charge >= 0.3 is 11.0 Å². The van der Waals surface area contributed by atoms with Crippen LogP contribution >= 0.6 is 0 Å². The Morgan fingerprint density at radius 1 is 0.531 bits per heavy atom. The number of fused-ring (bicyclic) bond motifs is 6. The van der Waals surface area contributed by atoms with Gasteiger partial charge in [0.1, 0.15) is 0 Å². The van der Waals surface area contributed by atoms with Gasteiger partial charge in [0.2, 0.25) is 0 Å². The van der Waals surface area contributed by atoms with Crippen molar-refractivity contribution in [2.75, 3.05) is 0 Å². The van der Waals surface area contributed by atoms with Gasteiger partial charge in [0.05, 0.1) is 9.79 Å². The molecule has 0 N–H and O–H groups in total. The van der Waals surface area contributed by atoms with E-state index in [9.17, 15) is 43.2 Å². The molecule has 0 amide bonds. The van der Waals surface area contributed by atoms with Crippen LogP contribution in [-0.4, -0.2) is 27.9 Å². The maximum absolute atomic E-state index is 13.3. The van der Waals surface area contributed by atoms with Gasteiger partial charge in [-0.25, -0.2) is 16.8 Å². The second kappa shape index (κ2) is 6.82. The lowest BCUT2D eigenvalue weighted by Crippen LogP contribution is -2.23. The standard InChI is InChI=1S/C20H10F6O4S2/c21-19(22,23)31(27,28)11-8-9-13-12-4-1-2-5-14(12)18-15(16(13)10-11)6-3-7-17(18)32(29,30)20(24,25)26/h1-10H. The average Bonchev–Trinajstić information content (AvgIpc) is 2.71. The van der Waals surface area contributed by atoms with E-state index in [2.05, 4.69) is 0 Å². The maximum Gasteiger partial charge on any atom is 0.501 e. The van der Waals surface area contributed by atoms with Crippen LogP contribution in [0.4, 0.5) is 26.3 Å². The topological polar surface area (TPSA) is 68.3 Å². The summed E-state index contributed by atoms with van der Waals surface area (Å²) in [4.78, 5) is -2.19. The normalized spacial score (nSPS) is 13.8. The summed E-state index contributed by atoms with van der Waals surface area (Å²) in [6.07, 6.45) is 0. The summed E-state index contributed by atoms with van der Waals surface area (Å²) in [6.45, 7) is 0. The van der Waals surface area contributed by atoms with Gasteiger partial charge in [-0.1, -0.05) is 42.5 Å². The number of hydrogen-bond donors (Lipinski definition) is 0. The highest BCUT2D eigenvalue weighted by Gasteiger charge is 2.48. The van der Waals surface area contributed by atoms with E-state index in [0.29, 0.717) is 6.07 Å². The molecule has 0 aliphatic heterocycles. The molecule has 0 aliphatic rings. The van der Waals surface area contributed by atoms with E-state index in [0.717, 1.165) is 24.3 Å². The zero-order valence-corrected chi connectivity index (χ0v) is 17.1. The number of hydrogen-bond acceptors (Lipinski definition) is 4. The summed E-state index contributed by atoms with van der Waals surface area (Å²) in [5.74, 6) is 0. The number of rotatable bonds is 2. The Labute approximate surface area is 176 Å². The number of halogens is 6. The molecule has 0 aromatic heterocycles. The Hall–Kier alpha value is -2.86. The van der Waals surface area contributed by atoms with E-state index >= 15 is 0 Å². The summed E-state index contributed by atoms with van der Waals surface area (Å²) in [5, 5.41) is -0.0302. The van der Waals surface area contributed by atoms with Crippen LogP contribution in [0.2, 0.25) is 0 Å². The molecule has 4 aromatic rings. The molecule has 32 heavy (non-hydrogen) atoms. The summed E-state index contributed by atoms with van der Waals surface area (Å²) in [7, 11) is -11.6. The second-order valence-electron chi connectivity index (χ2n) is 6.83. The summed E-state index contributed by atoms with van der Waals surface area (Å²) in [6, 6.07) is 11.3. The van der Waals surface area contributed by atoms with Crippen molar-refractivity contribution in [1.82, 2.24) is 0 Å². The highest BCUT2D eigenvalue weighted by Crippen LogP contribution is 2.42. The smallest absolute Gasteiger partial charge is 0.214 e. The quantitative estimate of drug-likeness (QED) is 0.265. The Kier molecular flexibility index (Phi) is 4.76. The first-order chi connectivity index (χ1) is 14.7. The van der Waals surface area contributed by atoms with Crippen molar-refractivity contribution < 1.29 is 43.2 Å². The fourth-order valence-corrected chi connectivity index (χ4v) is 5.38. The lowest BCUT2D eigenvalue weighted by atomic mass is 9.94. The predicted octanol–water partition coefficient (Wildman–Crippen LogP) is 5.73. The van der Waals surface area contributed by atoms with E-state index in [1.54, 1.807) is 0 Å². The molecule has 0 unspecified atom stereocenters. The van der Waals surface area contributed by atoms with Gasteiger partial charge in [-0.05, 0) is 45.1 Å². The molecule has 0 heterocycles. The third-order valence-corrected chi connectivity index (χ3v) is 8.02. The fraction of sp³-hybridized carbons (Fsp3) is 0.100. The summed E-state index contributed by atoms with van der Waals surface area (Å²) >= 11 is 0. The van der Waals surface area contributed by atoms with Gasteiger partial charge in [0, 0.05) is 5.39 Å². The van der Waals surface area contributed by atoms with E-state index in [-0.39, 0.29) is 32.3 Å². The molecule has 4 rings (SSSR count). The van der Waals surface area contributed by atoms with Crippen molar-refractivity contribution in [3.05, 3.63) is 60.7 Å². The van der Waals surface area contributed by atoms with Crippen LogP contribution in [0, 0.1) is 0 Å². The first-order valence-electron chi connectivity index (χ1n) is 8.68. The molecule has 0 saturated heterocycles. The lowest BCUT2D eigenvalue weighted by molar-refractivity contribution is -0.0441. The molecule has 0 radical (unpaired) electrons. The number of alkyl halides is 6. The third kappa shape index (κ3) is 3.12. The predicted molar refractivity (Wildman–Crippen MR) is 105 cm³/mol. The first-order valence-corrected chi connectivity index (χ1v) is 11.6. The van der Waals surface area contributed by atoms with Crippen LogP contribution in [0.3, 0.4) is 0 Å². The van der Waals surface area contributed by atoms with Crippen LogP contribution < -0.4 is 0 Å². The number of sulfone groups is 2. The highest BCUT2D eigenvalue weighted by molar-refractivity contribution is 7.92. The maximum atomic E-state index is 13.3. The number of benzene rings is 4.